The maximum absolute atomic E-state index is 11.3. The molecule has 5 nitrogen and oxygen atoms in total. The number of anilines is 2. The third kappa shape index (κ3) is 2.54. The zero-order chi connectivity index (χ0) is 10.8. The number of rotatable bonds is 1. The van der Waals surface area contributed by atoms with Gasteiger partial charge in [-0.3, -0.25) is 4.79 Å². The Morgan fingerprint density at radius 3 is 2.81 bits per heavy atom. The monoisotopic (exact) mass is 293 g/mol. The quantitative estimate of drug-likeness (QED) is 0.663. The molecule has 0 bridgehead atoms. The van der Waals surface area contributed by atoms with Gasteiger partial charge in [0, 0.05) is 51.0 Å². The first-order valence-electron chi connectivity index (χ1n) is 4.47. The fourth-order valence-electron chi connectivity index (χ4n) is 1.37. The number of amides is 2. The van der Waals surface area contributed by atoms with Crippen molar-refractivity contribution >= 4 is 23.2 Å². The average Bonchev–Trinajstić information content (AvgIpc) is 2.27. The second-order valence-corrected chi connectivity index (χ2v) is 3.12. The van der Waals surface area contributed by atoms with Gasteiger partial charge in [-0.1, -0.05) is 0 Å². The van der Waals surface area contributed by atoms with Crippen LogP contribution in [0.4, 0.5) is 11.4 Å². The molecule has 1 radical (unpaired) electrons. The van der Waals surface area contributed by atoms with Crippen LogP contribution < -0.4 is 16.0 Å². The number of hydrogen-bond donors (Lipinski definition) is 3. The summed E-state index contributed by atoms with van der Waals surface area (Å²) >= 11 is 0. The molecule has 0 atom stereocenters. The first-order chi connectivity index (χ1) is 7.20. The van der Waals surface area contributed by atoms with Crippen molar-refractivity contribution in [3.63, 3.8) is 0 Å². The summed E-state index contributed by atoms with van der Waals surface area (Å²) in [6.45, 7) is 1.34. The van der Waals surface area contributed by atoms with E-state index >= 15 is 0 Å². The molecule has 81 valence electrons. The molecule has 16 heavy (non-hydrogen) atoms. The van der Waals surface area contributed by atoms with Crippen molar-refractivity contribution in [3.05, 3.63) is 30.3 Å². The van der Waals surface area contributed by atoms with Crippen LogP contribution in [-0.2, 0) is 37.5 Å². The van der Waals surface area contributed by atoms with E-state index in [0.717, 1.165) is 5.69 Å². The van der Waals surface area contributed by atoms with Crippen LogP contribution in [0.1, 0.15) is 10.4 Å². The van der Waals surface area contributed by atoms with E-state index in [4.69, 9.17) is 0 Å². The summed E-state index contributed by atoms with van der Waals surface area (Å²) in [5, 5.41) is 7.99. The van der Waals surface area contributed by atoms with Crippen molar-refractivity contribution in [1.82, 2.24) is 5.32 Å². The summed E-state index contributed by atoms with van der Waals surface area (Å²) in [6.07, 6.45) is 0. The zero-order valence-electron chi connectivity index (χ0n) is 8.70. The van der Waals surface area contributed by atoms with Gasteiger partial charge in [0.2, 0.25) is 0 Å². The summed E-state index contributed by atoms with van der Waals surface area (Å²) in [5.41, 5.74) is 1.91. The van der Waals surface area contributed by atoms with Gasteiger partial charge in [0.1, 0.15) is 5.91 Å². The first kappa shape index (κ1) is 13.0. The molecule has 0 spiro atoms. The Morgan fingerprint density at radius 1 is 1.38 bits per heavy atom. The molecular weight excluding hydrogens is 283 g/mol. The Labute approximate surface area is 118 Å². The van der Waals surface area contributed by atoms with Crippen molar-refractivity contribution in [2.45, 2.75) is 0 Å². The molecule has 6 heteroatoms. The average molecular weight is 293 g/mol. The Morgan fingerprint density at radius 2 is 2.12 bits per heavy atom. The fourth-order valence-corrected chi connectivity index (χ4v) is 1.37. The topological polar surface area (TPSA) is 70.2 Å². The summed E-state index contributed by atoms with van der Waals surface area (Å²) in [4.78, 5) is 22.4. The predicted molar refractivity (Wildman–Crippen MR) is 56.4 cm³/mol. The Balaban J connectivity index is 0.00000128. The molecule has 0 saturated heterocycles. The second kappa shape index (κ2) is 5.32. The Hall–Kier alpha value is -1.07. The largest absolute Gasteiger partial charge is 0.510 e. The van der Waals surface area contributed by atoms with E-state index in [-0.39, 0.29) is 44.5 Å². The molecule has 0 aliphatic carbocycles. The summed E-state index contributed by atoms with van der Waals surface area (Å²) in [6, 6.07) is 5.07. The maximum atomic E-state index is 11.3. The van der Waals surface area contributed by atoms with E-state index in [9.17, 15) is 9.59 Å². The van der Waals surface area contributed by atoms with Gasteiger partial charge in [0.15, 0.2) is 0 Å². The van der Waals surface area contributed by atoms with Gasteiger partial charge in [-0.25, -0.2) is 6.54 Å². The van der Waals surface area contributed by atoms with Gasteiger partial charge in [0.25, 0.3) is 5.91 Å². The molecule has 1 aromatic carbocycles. The third-order valence-corrected chi connectivity index (χ3v) is 2.13. The molecule has 0 saturated carbocycles. The standard InChI is InChI=1S/C10H10N3O2.Y/c1-11-10(15)6-2-3-7-8(4-6)13-9(14)5-12-7;/h2-5,12H,1H3,(H,11,15)(H,13,14);/q-1;. The van der Waals surface area contributed by atoms with Crippen LogP contribution >= 0.6 is 0 Å². The number of nitrogens with one attached hydrogen (secondary N) is 3. The molecular formula is C10H10N3O2Y-. The number of benzene rings is 1. The molecule has 1 aliphatic heterocycles. The van der Waals surface area contributed by atoms with E-state index in [0.29, 0.717) is 11.3 Å². The number of carbonyl (C=O) groups excluding carboxylic acids is 2. The molecule has 0 fully saturated rings. The van der Waals surface area contributed by atoms with E-state index in [2.05, 4.69) is 16.0 Å². The molecule has 0 aromatic heterocycles. The third-order valence-electron chi connectivity index (χ3n) is 2.13. The number of fused-ring (bicyclic) bond motifs is 1. The van der Waals surface area contributed by atoms with Gasteiger partial charge in [-0.15, -0.1) is 0 Å². The smallest absolute Gasteiger partial charge is 0.251 e. The molecule has 2 rings (SSSR count). The molecule has 1 heterocycles. The molecule has 1 aromatic rings. The van der Waals surface area contributed by atoms with Gasteiger partial charge in [0.05, 0.1) is 5.69 Å². The van der Waals surface area contributed by atoms with Crippen molar-refractivity contribution in [1.29, 1.82) is 0 Å². The summed E-state index contributed by atoms with van der Waals surface area (Å²) in [7, 11) is 1.56. The van der Waals surface area contributed by atoms with E-state index in [1.807, 2.05) is 0 Å². The SMILES string of the molecule is CNC(=O)c1ccc2c(c1)NC(=O)[CH-]N2.[Y]. The van der Waals surface area contributed by atoms with Crippen LogP contribution in [0.2, 0.25) is 0 Å². The van der Waals surface area contributed by atoms with Crippen LogP contribution in [-0.4, -0.2) is 18.9 Å². The molecule has 3 N–H and O–H groups in total. The number of carbonyl (C=O) groups is 2. The first-order valence-corrected chi connectivity index (χ1v) is 4.47. The Kier molecular flexibility index (Phi) is 4.32. The minimum atomic E-state index is -0.225. The minimum absolute atomic E-state index is 0. The van der Waals surface area contributed by atoms with Gasteiger partial charge in [-0.05, 0) is 18.2 Å². The van der Waals surface area contributed by atoms with Gasteiger partial charge >= 0.3 is 0 Å². The zero-order valence-corrected chi connectivity index (χ0v) is 11.5. The van der Waals surface area contributed by atoms with Crippen molar-refractivity contribution < 1.29 is 42.3 Å². The molecule has 2 amide bonds. The van der Waals surface area contributed by atoms with Crippen LogP contribution in [0.15, 0.2) is 18.2 Å². The van der Waals surface area contributed by atoms with Gasteiger partial charge in [-0.2, -0.15) is 0 Å². The maximum Gasteiger partial charge on any atom is 0.251 e. The predicted octanol–water partition coefficient (Wildman–Crippen LogP) is 0.569. The Bertz CT molecular complexity index is 434. The summed E-state index contributed by atoms with van der Waals surface area (Å²) < 4.78 is 0. The number of hydrogen-bond acceptors (Lipinski definition) is 3. The minimum Gasteiger partial charge on any atom is -0.510 e. The fraction of sp³-hybridized carbons (Fsp3) is 0.100. The normalized spacial score (nSPS) is 12.2. The summed E-state index contributed by atoms with van der Waals surface area (Å²) in [5.74, 6) is -0.404. The van der Waals surface area contributed by atoms with Crippen molar-refractivity contribution in [3.8, 4) is 0 Å². The molecule has 0 unspecified atom stereocenters. The second-order valence-electron chi connectivity index (χ2n) is 3.12. The van der Waals surface area contributed by atoms with Crippen molar-refractivity contribution in [2.24, 2.45) is 0 Å². The van der Waals surface area contributed by atoms with E-state index in [1.165, 1.54) is 6.54 Å². The van der Waals surface area contributed by atoms with Crippen LogP contribution in [0.3, 0.4) is 0 Å². The van der Waals surface area contributed by atoms with Crippen LogP contribution in [0.25, 0.3) is 0 Å². The van der Waals surface area contributed by atoms with E-state index in [1.54, 1.807) is 25.2 Å². The van der Waals surface area contributed by atoms with Gasteiger partial charge < -0.3 is 20.7 Å². The van der Waals surface area contributed by atoms with Crippen molar-refractivity contribution in [2.75, 3.05) is 17.7 Å². The van der Waals surface area contributed by atoms with Crippen LogP contribution in [0, 0.1) is 6.54 Å². The van der Waals surface area contributed by atoms with E-state index < -0.39 is 0 Å². The van der Waals surface area contributed by atoms with Crippen LogP contribution in [0.5, 0.6) is 0 Å². The molecule has 1 aliphatic rings.